The van der Waals surface area contributed by atoms with Crippen LogP contribution in [0.1, 0.15) is 30.4 Å². The van der Waals surface area contributed by atoms with E-state index in [1.165, 1.54) is 12.4 Å². The molecule has 1 aromatic heterocycles. The highest BCUT2D eigenvalue weighted by Gasteiger charge is 2.39. The molecule has 2 unspecified atom stereocenters. The zero-order chi connectivity index (χ0) is 10.8. The molecule has 0 aliphatic heterocycles. The molecule has 15 heavy (non-hydrogen) atoms. The minimum absolute atomic E-state index is 0.0277. The fourth-order valence-corrected chi connectivity index (χ4v) is 1.58. The van der Waals surface area contributed by atoms with E-state index < -0.39 is 0 Å². The predicted octanol–water partition coefficient (Wildman–Crippen LogP) is 1.27. The third kappa shape index (κ3) is 2.26. The topological polar surface area (TPSA) is 59.9 Å². The maximum Gasteiger partial charge on any atom is 0.207 e. The van der Waals surface area contributed by atoms with Gasteiger partial charge in [0.25, 0.3) is 0 Å². The average Bonchev–Trinajstić information content (AvgIpc) is 2.97. The average molecular weight is 204 g/mol. The zero-order valence-corrected chi connectivity index (χ0v) is 8.51. The van der Waals surface area contributed by atoms with Crippen molar-refractivity contribution in [3.63, 3.8) is 0 Å². The molecule has 0 radical (unpaired) electrons. The number of rotatable bonds is 4. The highest BCUT2D eigenvalue weighted by atomic mass is 16.1. The molecule has 2 rings (SSSR count). The number of Topliss-reactive ketones (excluding diaryl/α,β-unsaturated/α-hetero) is 2. The Bertz CT molecular complexity index is 389. The Morgan fingerprint density at radius 3 is 2.53 bits per heavy atom. The fourth-order valence-electron chi connectivity index (χ4n) is 1.58. The van der Waals surface area contributed by atoms with Crippen LogP contribution in [0.4, 0.5) is 0 Å². The van der Waals surface area contributed by atoms with Crippen LogP contribution >= 0.6 is 0 Å². The van der Waals surface area contributed by atoms with Gasteiger partial charge in [-0.15, -0.1) is 0 Å². The van der Waals surface area contributed by atoms with Crippen molar-refractivity contribution < 1.29 is 9.59 Å². The molecule has 1 aromatic rings. The van der Waals surface area contributed by atoms with Crippen LogP contribution in [-0.2, 0) is 4.79 Å². The van der Waals surface area contributed by atoms with Crippen molar-refractivity contribution in [2.45, 2.75) is 19.8 Å². The second-order valence-electron chi connectivity index (χ2n) is 3.96. The van der Waals surface area contributed by atoms with Gasteiger partial charge in [-0.25, -0.2) is 9.97 Å². The van der Waals surface area contributed by atoms with Crippen molar-refractivity contribution in [3.05, 3.63) is 24.3 Å². The van der Waals surface area contributed by atoms with Crippen molar-refractivity contribution in [2.24, 2.45) is 11.8 Å². The number of aromatic nitrogens is 2. The SMILES string of the molecule is CC1CC1C(=O)CC(=O)c1ncccn1. The molecule has 1 aliphatic rings. The van der Waals surface area contributed by atoms with Crippen molar-refractivity contribution in [3.8, 4) is 0 Å². The summed E-state index contributed by atoms with van der Waals surface area (Å²) < 4.78 is 0. The summed E-state index contributed by atoms with van der Waals surface area (Å²) in [5.74, 6) is 0.429. The number of hydrogen-bond acceptors (Lipinski definition) is 4. The first-order chi connectivity index (χ1) is 7.18. The van der Waals surface area contributed by atoms with E-state index in [1.807, 2.05) is 6.92 Å². The quantitative estimate of drug-likeness (QED) is 0.547. The van der Waals surface area contributed by atoms with Crippen LogP contribution in [0.3, 0.4) is 0 Å². The number of nitrogens with zero attached hydrogens (tertiary/aromatic N) is 2. The Morgan fingerprint density at radius 2 is 2.00 bits per heavy atom. The van der Waals surface area contributed by atoms with E-state index in [1.54, 1.807) is 6.07 Å². The van der Waals surface area contributed by atoms with Gasteiger partial charge in [0.15, 0.2) is 5.82 Å². The summed E-state index contributed by atoms with van der Waals surface area (Å²) in [6, 6.07) is 1.64. The Hall–Kier alpha value is -1.58. The second kappa shape index (κ2) is 3.88. The van der Waals surface area contributed by atoms with Gasteiger partial charge in [0.2, 0.25) is 5.78 Å². The molecule has 1 fully saturated rings. The minimum Gasteiger partial charge on any atom is -0.299 e. The van der Waals surface area contributed by atoms with Crippen LogP contribution in [0.2, 0.25) is 0 Å². The maximum absolute atomic E-state index is 11.5. The summed E-state index contributed by atoms with van der Waals surface area (Å²) in [5, 5.41) is 0. The summed E-state index contributed by atoms with van der Waals surface area (Å²) in [5.41, 5.74) is 0. The van der Waals surface area contributed by atoms with Crippen LogP contribution in [0.25, 0.3) is 0 Å². The summed E-state index contributed by atoms with van der Waals surface area (Å²) in [6.07, 6.45) is 3.87. The van der Waals surface area contributed by atoms with Crippen LogP contribution < -0.4 is 0 Å². The molecule has 78 valence electrons. The molecule has 1 aliphatic carbocycles. The molecule has 0 saturated heterocycles. The number of carbonyl (C=O) groups is 2. The number of carbonyl (C=O) groups excluding carboxylic acids is 2. The predicted molar refractivity (Wildman–Crippen MR) is 53.3 cm³/mol. The Balaban J connectivity index is 1.96. The molecule has 4 nitrogen and oxygen atoms in total. The third-order valence-corrected chi connectivity index (χ3v) is 2.67. The molecule has 2 atom stereocenters. The largest absolute Gasteiger partial charge is 0.299 e. The van der Waals surface area contributed by atoms with E-state index in [0.717, 1.165) is 6.42 Å². The van der Waals surface area contributed by atoms with E-state index in [0.29, 0.717) is 5.92 Å². The molecule has 0 N–H and O–H groups in total. The lowest BCUT2D eigenvalue weighted by Crippen LogP contribution is -2.13. The van der Waals surface area contributed by atoms with E-state index in [4.69, 9.17) is 0 Å². The molecule has 1 saturated carbocycles. The van der Waals surface area contributed by atoms with Crippen molar-refractivity contribution in [1.29, 1.82) is 0 Å². The van der Waals surface area contributed by atoms with Crippen molar-refractivity contribution in [2.75, 3.05) is 0 Å². The third-order valence-electron chi connectivity index (χ3n) is 2.67. The monoisotopic (exact) mass is 204 g/mol. The van der Waals surface area contributed by atoms with Gasteiger partial charge in [-0.2, -0.15) is 0 Å². The standard InChI is InChI=1S/C11H12N2O2/c1-7-5-8(7)9(14)6-10(15)11-12-3-2-4-13-11/h2-4,7-8H,5-6H2,1H3. The smallest absolute Gasteiger partial charge is 0.207 e. The Labute approximate surface area is 87.7 Å². The fraction of sp³-hybridized carbons (Fsp3) is 0.455. The number of ketones is 2. The molecular weight excluding hydrogens is 192 g/mol. The van der Waals surface area contributed by atoms with E-state index in [9.17, 15) is 9.59 Å². The van der Waals surface area contributed by atoms with Crippen LogP contribution in [-0.4, -0.2) is 21.5 Å². The lowest BCUT2D eigenvalue weighted by molar-refractivity contribution is -0.119. The van der Waals surface area contributed by atoms with Gasteiger partial charge in [-0.05, 0) is 18.4 Å². The van der Waals surface area contributed by atoms with E-state index in [-0.39, 0.29) is 29.7 Å². The molecular formula is C11H12N2O2. The first-order valence-corrected chi connectivity index (χ1v) is 5.01. The molecule has 0 amide bonds. The summed E-state index contributed by atoms with van der Waals surface area (Å²) in [7, 11) is 0. The molecule has 0 spiro atoms. The molecule has 0 aromatic carbocycles. The lowest BCUT2D eigenvalue weighted by atomic mass is 10.1. The van der Waals surface area contributed by atoms with Gasteiger partial charge in [-0.1, -0.05) is 6.92 Å². The van der Waals surface area contributed by atoms with E-state index >= 15 is 0 Å². The van der Waals surface area contributed by atoms with Gasteiger partial charge in [0.1, 0.15) is 5.78 Å². The minimum atomic E-state index is -0.278. The molecule has 0 bridgehead atoms. The maximum atomic E-state index is 11.5. The first kappa shape index (κ1) is 9.96. The van der Waals surface area contributed by atoms with Crippen molar-refractivity contribution >= 4 is 11.6 Å². The van der Waals surface area contributed by atoms with E-state index in [2.05, 4.69) is 9.97 Å². The van der Waals surface area contributed by atoms with Gasteiger partial charge in [0, 0.05) is 18.3 Å². The normalized spacial score (nSPS) is 23.5. The number of hydrogen-bond donors (Lipinski definition) is 0. The highest BCUT2D eigenvalue weighted by Crippen LogP contribution is 2.39. The molecule has 1 heterocycles. The highest BCUT2D eigenvalue weighted by molar-refractivity contribution is 6.07. The summed E-state index contributed by atoms with van der Waals surface area (Å²) >= 11 is 0. The summed E-state index contributed by atoms with van der Waals surface area (Å²) in [6.45, 7) is 2.02. The second-order valence-corrected chi connectivity index (χ2v) is 3.96. The van der Waals surface area contributed by atoms with Crippen LogP contribution in [0, 0.1) is 11.8 Å². The van der Waals surface area contributed by atoms with Gasteiger partial charge in [0.05, 0.1) is 6.42 Å². The molecule has 4 heteroatoms. The van der Waals surface area contributed by atoms with Crippen molar-refractivity contribution in [1.82, 2.24) is 9.97 Å². The van der Waals surface area contributed by atoms with Gasteiger partial charge < -0.3 is 0 Å². The Kier molecular flexibility index (Phi) is 2.58. The summed E-state index contributed by atoms with van der Waals surface area (Å²) in [4.78, 5) is 30.7. The van der Waals surface area contributed by atoms with Gasteiger partial charge in [-0.3, -0.25) is 9.59 Å². The Morgan fingerprint density at radius 1 is 1.40 bits per heavy atom. The van der Waals surface area contributed by atoms with Crippen LogP contribution in [0.5, 0.6) is 0 Å². The zero-order valence-electron chi connectivity index (χ0n) is 8.51. The van der Waals surface area contributed by atoms with Crippen LogP contribution in [0.15, 0.2) is 18.5 Å². The lowest BCUT2D eigenvalue weighted by Gasteiger charge is -1.97. The van der Waals surface area contributed by atoms with Gasteiger partial charge >= 0.3 is 0 Å². The first-order valence-electron chi connectivity index (χ1n) is 5.01.